The summed E-state index contributed by atoms with van der Waals surface area (Å²) in [5, 5.41) is 0. The van der Waals surface area contributed by atoms with Crippen LogP contribution in [0.4, 0.5) is 0 Å². The van der Waals surface area contributed by atoms with Gasteiger partial charge in [0.05, 0.1) is 0 Å². The molecule has 0 rings (SSSR count). The highest BCUT2D eigenvalue weighted by molar-refractivity contribution is 6.28. The molecule has 0 saturated carbocycles. The van der Waals surface area contributed by atoms with E-state index < -0.39 is 9.76 Å². The maximum Gasteiger partial charge on any atom is 0.223 e. The summed E-state index contributed by atoms with van der Waals surface area (Å²) in [5.74, 6) is -0.0771. The summed E-state index contributed by atoms with van der Waals surface area (Å²) in [4.78, 5) is 2.35. The minimum absolute atomic E-state index is 0.0771. The zero-order valence-electron chi connectivity index (χ0n) is 11.2. The number of rotatable bonds is 11. The molecule has 0 saturated heterocycles. The topological polar surface area (TPSA) is 30.9 Å². The predicted octanol–water partition coefficient (Wildman–Crippen LogP) is 0.785. The van der Waals surface area contributed by atoms with Crippen molar-refractivity contribution < 1.29 is 13.9 Å². The molecule has 0 aliphatic rings. The molecular weight excluding hydrogens is 222 g/mol. The van der Waals surface area contributed by atoms with Crippen molar-refractivity contribution in [3.05, 3.63) is 0 Å². The quantitative estimate of drug-likeness (QED) is 0.308. The lowest BCUT2D eigenvalue weighted by Crippen LogP contribution is -2.31. The van der Waals surface area contributed by atoms with E-state index in [1.54, 1.807) is 0 Å². The van der Waals surface area contributed by atoms with Gasteiger partial charge in [-0.3, -0.25) is 0 Å². The van der Waals surface area contributed by atoms with Gasteiger partial charge in [-0.15, -0.1) is 0 Å². The molecule has 0 radical (unpaired) electrons. The monoisotopic (exact) mass is 249 g/mol. The van der Waals surface area contributed by atoms with Crippen LogP contribution in [0.3, 0.4) is 0 Å². The molecule has 0 aromatic heterocycles. The van der Waals surface area contributed by atoms with Crippen LogP contribution in [0.2, 0.25) is 0 Å². The van der Waals surface area contributed by atoms with Crippen molar-refractivity contribution in [2.45, 2.75) is 33.6 Å². The maximum absolute atomic E-state index is 5.68. The average molecular weight is 249 g/mol. The third-order valence-electron chi connectivity index (χ3n) is 2.41. The molecule has 0 unspecified atom stereocenters. The van der Waals surface area contributed by atoms with E-state index in [0.717, 1.165) is 26.2 Å². The van der Waals surface area contributed by atoms with Crippen molar-refractivity contribution in [3.8, 4) is 0 Å². The van der Waals surface area contributed by atoms with Crippen LogP contribution in [0.1, 0.15) is 27.7 Å². The summed E-state index contributed by atoms with van der Waals surface area (Å²) < 4.78 is 16.6. The SMILES string of the molecule is CCOC(OCC)[SiH2]OCCN(CC)CC. The van der Waals surface area contributed by atoms with Crippen LogP contribution in [0.15, 0.2) is 0 Å². The second-order valence-electron chi connectivity index (χ2n) is 3.44. The van der Waals surface area contributed by atoms with Gasteiger partial charge in [0.25, 0.3) is 0 Å². The molecule has 0 heterocycles. The van der Waals surface area contributed by atoms with E-state index in [9.17, 15) is 0 Å². The van der Waals surface area contributed by atoms with Crippen LogP contribution < -0.4 is 0 Å². The molecule has 0 aromatic rings. The lowest BCUT2D eigenvalue weighted by atomic mass is 10.5. The van der Waals surface area contributed by atoms with Gasteiger partial charge in [-0.25, -0.2) is 0 Å². The van der Waals surface area contributed by atoms with Gasteiger partial charge in [-0.05, 0) is 26.9 Å². The number of hydrogen-bond donors (Lipinski definition) is 0. The Balaban J connectivity index is 3.52. The van der Waals surface area contributed by atoms with Crippen molar-refractivity contribution >= 4 is 9.76 Å². The Morgan fingerprint density at radius 3 is 2.00 bits per heavy atom. The second-order valence-corrected chi connectivity index (χ2v) is 4.85. The molecule has 0 N–H and O–H groups in total. The van der Waals surface area contributed by atoms with Crippen LogP contribution in [0, 0.1) is 0 Å². The van der Waals surface area contributed by atoms with E-state index in [0.29, 0.717) is 13.2 Å². The normalized spacial score (nSPS) is 12.4. The first-order valence-corrected chi connectivity index (χ1v) is 7.71. The fourth-order valence-electron chi connectivity index (χ4n) is 1.43. The first-order valence-electron chi connectivity index (χ1n) is 6.31. The van der Waals surface area contributed by atoms with Crippen LogP contribution in [0.25, 0.3) is 0 Å². The van der Waals surface area contributed by atoms with E-state index in [1.165, 1.54) is 0 Å². The third-order valence-corrected chi connectivity index (χ3v) is 3.67. The van der Waals surface area contributed by atoms with Gasteiger partial charge in [0, 0.05) is 26.4 Å². The molecular formula is C11H27NO3Si. The Labute approximate surface area is 102 Å². The van der Waals surface area contributed by atoms with Gasteiger partial charge in [0.1, 0.15) is 0 Å². The van der Waals surface area contributed by atoms with E-state index >= 15 is 0 Å². The van der Waals surface area contributed by atoms with Gasteiger partial charge < -0.3 is 18.8 Å². The zero-order valence-corrected chi connectivity index (χ0v) is 12.6. The van der Waals surface area contributed by atoms with Gasteiger partial charge >= 0.3 is 0 Å². The fraction of sp³-hybridized carbons (Fsp3) is 1.00. The molecule has 5 heteroatoms. The van der Waals surface area contributed by atoms with E-state index in [1.807, 2.05) is 13.8 Å². The molecule has 0 fully saturated rings. The molecule has 0 amide bonds. The average Bonchev–Trinajstić information content (AvgIpc) is 2.30. The molecule has 0 atom stereocenters. The largest absolute Gasteiger partial charge is 0.417 e. The van der Waals surface area contributed by atoms with E-state index in [-0.39, 0.29) is 5.91 Å². The van der Waals surface area contributed by atoms with Crippen molar-refractivity contribution in [1.29, 1.82) is 0 Å². The lowest BCUT2D eigenvalue weighted by Gasteiger charge is -2.20. The third kappa shape index (κ3) is 8.24. The molecule has 0 aromatic carbocycles. The molecule has 0 aliphatic carbocycles. The minimum Gasteiger partial charge on any atom is -0.417 e. The number of hydrogen-bond acceptors (Lipinski definition) is 4. The van der Waals surface area contributed by atoms with E-state index in [4.69, 9.17) is 13.9 Å². The second kappa shape index (κ2) is 11.5. The lowest BCUT2D eigenvalue weighted by molar-refractivity contribution is -0.0900. The first-order chi connectivity index (χ1) is 7.78. The Morgan fingerprint density at radius 1 is 1.00 bits per heavy atom. The summed E-state index contributed by atoms with van der Waals surface area (Å²) in [6.07, 6.45) is 0. The van der Waals surface area contributed by atoms with Crippen LogP contribution in [0.5, 0.6) is 0 Å². The van der Waals surface area contributed by atoms with Gasteiger partial charge in [-0.2, -0.15) is 0 Å². The molecule has 98 valence electrons. The van der Waals surface area contributed by atoms with Crippen molar-refractivity contribution in [2.24, 2.45) is 0 Å². The highest BCUT2D eigenvalue weighted by Crippen LogP contribution is 1.94. The Bertz CT molecular complexity index is 139. The van der Waals surface area contributed by atoms with Crippen molar-refractivity contribution in [3.63, 3.8) is 0 Å². The summed E-state index contributed by atoms with van der Waals surface area (Å²) in [6, 6.07) is 0. The number of ether oxygens (including phenoxy) is 2. The van der Waals surface area contributed by atoms with Crippen LogP contribution in [-0.2, 0) is 13.9 Å². The standard InChI is InChI=1S/C11H27NO3Si/c1-5-12(6-2)9-10-15-16-11(13-7-3)14-8-4/h11H,5-10,16H2,1-4H3. The van der Waals surface area contributed by atoms with Gasteiger partial charge in [0.15, 0.2) is 5.91 Å². The van der Waals surface area contributed by atoms with Crippen molar-refractivity contribution in [2.75, 3.05) is 39.5 Å². The molecule has 0 bridgehead atoms. The van der Waals surface area contributed by atoms with Crippen LogP contribution in [-0.4, -0.2) is 60.0 Å². The van der Waals surface area contributed by atoms with E-state index in [2.05, 4.69) is 18.7 Å². The number of likely N-dealkylation sites (N-methyl/N-ethyl adjacent to an activating group) is 1. The molecule has 0 spiro atoms. The predicted molar refractivity (Wildman–Crippen MR) is 69.3 cm³/mol. The summed E-state index contributed by atoms with van der Waals surface area (Å²) in [5.41, 5.74) is 0. The zero-order chi connectivity index (χ0) is 12.2. The Morgan fingerprint density at radius 2 is 1.56 bits per heavy atom. The molecule has 4 nitrogen and oxygen atoms in total. The summed E-state index contributed by atoms with van der Waals surface area (Å²) in [6.45, 7) is 13.7. The van der Waals surface area contributed by atoms with Gasteiger partial charge in [0.2, 0.25) is 9.76 Å². The molecule has 16 heavy (non-hydrogen) atoms. The first kappa shape index (κ1) is 16.1. The highest BCUT2D eigenvalue weighted by Gasteiger charge is 2.09. The van der Waals surface area contributed by atoms with Crippen LogP contribution >= 0.6 is 0 Å². The number of nitrogens with zero attached hydrogens (tertiary/aromatic N) is 1. The minimum atomic E-state index is -0.726. The Kier molecular flexibility index (Phi) is 11.6. The van der Waals surface area contributed by atoms with Crippen molar-refractivity contribution in [1.82, 2.24) is 4.90 Å². The highest BCUT2D eigenvalue weighted by atomic mass is 28.2. The summed E-state index contributed by atoms with van der Waals surface area (Å²) in [7, 11) is -0.726. The van der Waals surface area contributed by atoms with Gasteiger partial charge in [-0.1, -0.05) is 13.8 Å². The summed E-state index contributed by atoms with van der Waals surface area (Å²) >= 11 is 0. The molecule has 0 aliphatic heterocycles. The Hall–Kier alpha value is 0.0569. The fourth-order valence-corrected chi connectivity index (χ4v) is 2.58. The smallest absolute Gasteiger partial charge is 0.223 e. The maximum atomic E-state index is 5.68.